The lowest BCUT2D eigenvalue weighted by Crippen LogP contribution is -2.41. The van der Waals surface area contributed by atoms with E-state index in [4.69, 9.17) is 9.72 Å². The van der Waals surface area contributed by atoms with Crippen LogP contribution >= 0.6 is 13.5 Å². The number of ether oxygens (including phenoxy) is 1. The van der Waals surface area contributed by atoms with Crippen molar-refractivity contribution in [1.29, 1.82) is 0 Å². The molecule has 1 aliphatic heterocycles. The van der Waals surface area contributed by atoms with E-state index in [9.17, 15) is 26.4 Å². The summed E-state index contributed by atoms with van der Waals surface area (Å²) in [6.45, 7) is 7.69. The second kappa shape index (κ2) is 10.8. The molecule has 0 radical (unpaired) electrons. The molecule has 2 aliphatic rings. The Labute approximate surface area is 248 Å². The highest BCUT2D eigenvalue weighted by Gasteiger charge is 2.64. The van der Waals surface area contributed by atoms with E-state index in [-0.39, 0.29) is 65.9 Å². The van der Waals surface area contributed by atoms with Gasteiger partial charge in [-0.15, -0.1) is 5.10 Å². The average molecular weight is 630 g/mol. The Hall–Kier alpha value is -3.27. The summed E-state index contributed by atoms with van der Waals surface area (Å²) in [5.41, 5.74) is -1.93. The molecule has 0 bridgehead atoms. The predicted molar refractivity (Wildman–Crippen MR) is 153 cm³/mol. The zero-order chi connectivity index (χ0) is 30.0. The van der Waals surface area contributed by atoms with Gasteiger partial charge in [-0.1, -0.05) is 6.92 Å². The van der Waals surface area contributed by atoms with Crippen LogP contribution in [-0.2, 0) is 17.1 Å². The number of nitrogens with zero attached hydrogens (tertiary/aromatic N) is 6. The van der Waals surface area contributed by atoms with E-state index < -0.39 is 39.7 Å². The minimum Gasteiger partial charge on any atom is -0.476 e. The summed E-state index contributed by atoms with van der Waals surface area (Å²) < 4.78 is 76.1. The third kappa shape index (κ3) is 5.96. The Bertz CT molecular complexity index is 1600. The lowest BCUT2D eigenvalue weighted by molar-refractivity contribution is -0.194. The van der Waals surface area contributed by atoms with Gasteiger partial charge in [0, 0.05) is 37.6 Å². The number of carbonyl (C=O) groups excluding carboxylic acids is 1. The first kappa shape index (κ1) is 31.7. The Morgan fingerprint density at radius 1 is 1.19 bits per heavy atom. The zero-order valence-corrected chi connectivity index (χ0v) is 25.7. The fraction of sp³-hybridized carbons (Fsp3) is 0.538. The third-order valence-corrected chi connectivity index (χ3v) is 9.10. The molecular formula is C26H34F3N7O4S2. The van der Waals surface area contributed by atoms with Crippen LogP contribution < -0.4 is 14.4 Å². The van der Waals surface area contributed by atoms with Crippen molar-refractivity contribution in [3.8, 4) is 11.7 Å². The number of rotatable bonds is 8. The maximum atomic E-state index is 13.4. The first-order chi connectivity index (χ1) is 19.0. The second-order valence-corrected chi connectivity index (χ2v) is 13.3. The molecule has 16 heteroatoms. The van der Waals surface area contributed by atoms with E-state index in [2.05, 4.69) is 21.8 Å². The fourth-order valence-corrected chi connectivity index (χ4v) is 6.55. The van der Waals surface area contributed by atoms with E-state index in [1.54, 1.807) is 7.05 Å². The van der Waals surface area contributed by atoms with Crippen LogP contribution in [0.3, 0.4) is 0 Å². The molecule has 1 saturated carbocycles. The van der Waals surface area contributed by atoms with Crippen LogP contribution in [0.1, 0.15) is 56.1 Å². The van der Waals surface area contributed by atoms with Crippen LogP contribution in [-0.4, -0.2) is 63.7 Å². The normalized spacial score (nSPS) is 19.3. The van der Waals surface area contributed by atoms with Gasteiger partial charge >= 0.3 is 6.18 Å². The van der Waals surface area contributed by atoms with Gasteiger partial charge in [-0.2, -0.15) is 31.8 Å². The molecule has 2 fully saturated rings. The zero-order valence-electron chi connectivity index (χ0n) is 23.9. The number of aryl methyl sites for hydroxylation is 2. The van der Waals surface area contributed by atoms with Crippen molar-refractivity contribution in [2.75, 3.05) is 18.1 Å². The number of sulfonamides is 1. The monoisotopic (exact) mass is 629 g/mol. The lowest BCUT2D eigenvalue weighted by atomic mass is 9.97. The highest BCUT2D eigenvalue weighted by Crippen LogP contribution is 2.57. The Kier molecular flexibility index (Phi) is 8.12. The van der Waals surface area contributed by atoms with E-state index >= 15 is 0 Å². The molecule has 0 unspecified atom stereocenters. The molecule has 1 N–H and O–H groups in total. The van der Waals surface area contributed by atoms with E-state index in [1.807, 2.05) is 18.7 Å². The predicted octanol–water partition coefficient (Wildman–Crippen LogP) is 3.89. The highest BCUT2D eigenvalue weighted by molar-refractivity contribution is 7.90. The largest absolute Gasteiger partial charge is 0.476 e. The minimum absolute atomic E-state index is 0. The third-order valence-electron chi connectivity index (χ3n) is 7.67. The summed E-state index contributed by atoms with van der Waals surface area (Å²) in [4.78, 5) is 20.0. The number of alkyl halides is 3. The van der Waals surface area contributed by atoms with Gasteiger partial charge in [0.05, 0.1) is 11.3 Å². The molecule has 11 nitrogen and oxygen atoms in total. The Morgan fingerprint density at radius 3 is 2.43 bits per heavy atom. The van der Waals surface area contributed by atoms with Gasteiger partial charge in [-0.3, -0.25) is 9.48 Å². The van der Waals surface area contributed by atoms with Gasteiger partial charge in [0.25, 0.3) is 15.9 Å². The van der Waals surface area contributed by atoms with E-state index in [0.29, 0.717) is 6.54 Å². The smallest absolute Gasteiger partial charge is 0.397 e. The topological polar surface area (TPSA) is 124 Å². The van der Waals surface area contributed by atoms with Crippen molar-refractivity contribution in [1.82, 2.24) is 29.3 Å². The number of aromatic nitrogens is 5. The standard InChI is InChI=1S/C26H32F3N7O4S.H2S/c1-16-12-24(3,4)35(13-16)22-18(23(37)33-41(38,39)19-14-34(5)31-17(19)2)6-7-20(30-22)36-11-8-21(32-36)40-15-25(9-10-25)26(27,28)29;/h6-8,11,14,16H,9-10,12-13,15H2,1-5H3,(H,33,37);1H2/t16-;/m0./s1. The molecule has 42 heavy (non-hydrogen) atoms. The minimum atomic E-state index is -4.34. The molecule has 1 amide bonds. The van der Waals surface area contributed by atoms with Crippen LogP contribution in [0.2, 0.25) is 0 Å². The van der Waals surface area contributed by atoms with Gasteiger partial charge in [0.1, 0.15) is 22.7 Å². The van der Waals surface area contributed by atoms with Crippen molar-refractivity contribution in [3.05, 3.63) is 41.9 Å². The van der Waals surface area contributed by atoms with Crippen LogP contribution in [0.5, 0.6) is 5.88 Å². The summed E-state index contributed by atoms with van der Waals surface area (Å²) in [7, 11) is -2.64. The molecule has 4 heterocycles. The lowest BCUT2D eigenvalue weighted by Gasteiger charge is -2.34. The summed E-state index contributed by atoms with van der Waals surface area (Å²) in [6, 6.07) is 4.39. The first-order valence-electron chi connectivity index (χ1n) is 13.1. The summed E-state index contributed by atoms with van der Waals surface area (Å²) in [5.74, 6) is -0.0203. The molecule has 0 spiro atoms. The van der Waals surface area contributed by atoms with Gasteiger partial charge in [0.15, 0.2) is 5.82 Å². The molecule has 5 rings (SSSR count). The molecule has 3 aromatic rings. The van der Waals surface area contributed by atoms with Gasteiger partial charge in [-0.25, -0.2) is 22.8 Å². The molecule has 230 valence electrons. The summed E-state index contributed by atoms with van der Waals surface area (Å²) in [6.07, 6.45) is -0.673. The van der Waals surface area contributed by atoms with Crippen molar-refractivity contribution in [2.24, 2.45) is 18.4 Å². The molecule has 1 aliphatic carbocycles. The summed E-state index contributed by atoms with van der Waals surface area (Å²) in [5, 5.41) is 8.28. The van der Waals surface area contributed by atoms with Crippen molar-refractivity contribution in [2.45, 2.75) is 63.6 Å². The van der Waals surface area contributed by atoms with Crippen molar-refractivity contribution < 1.29 is 31.1 Å². The SMILES string of the molecule is Cc1nn(C)cc1S(=O)(=O)NC(=O)c1ccc(-n2ccc(OCC3(C(F)(F)F)CC3)n2)nc1N1C[C@@H](C)CC1(C)C.S. The number of amides is 1. The van der Waals surface area contributed by atoms with Crippen LogP contribution in [0, 0.1) is 18.3 Å². The maximum absolute atomic E-state index is 13.4. The number of pyridine rings is 1. The van der Waals surface area contributed by atoms with Crippen LogP contribution in [0.4, 0.5) is 19.0 Å². The Balaban J connectivity index is 0.00000405. The van der Waals surface area contributed by atoms with Crippen molar-refractivity contribution >= 4 is 35.2 Å². The molecule has 3 aromatic heterocycles. The Morgan fingerprint density at radius 2 is 1.88 bits per heavy atom. The summed E-state index contributed by atoms with van der Waals surface area (Å²) >= 11 is 0. The molecule has 0 aromatic carbocycles. The number of carbonyl (C=O) groups is 1. The van der Waals surface area contributed by atoms with Crippen LogP contribution in [0.15, 0.2) is 35.5 Å². The van der Waals surface area contributed by atoms with E-state index in [0.717, 1.165) is 6.42 Å². The number of hydrogen-bond acceptors (Lipinski definition) is 8. The highest BCUT2D eigenvalue weighted by atomic mass is 32.2. The number of nitrogens with one attached hydrogen (secondary N) is 1. The number of halogens is 3. The maximum Gasteiger partial charge on any atom is 0.397 e. The van der Waals surface area contributed by atoms with E-state index in [1.165, 1.54) is 46.9 Å². The van der Waals surface area contributed by atoms with Gasteiger partial charge in [0.2, 0.25) is 5.88 Å². The average Bonchev–Trinajstić information content (AvgIpc) is 3.24. The van der Waals surface area contributed by atoms with Crippen molar-refractivity contribution in [3.63, 3.8) is 0 Å². The molecule has 1 saturated heterocycles. The second-order valence-electron chi connectivity index (χ2n) is 11.6. The van der Waals surface area contributed by atoms with Gasteiger partial charge < -0.3 is 9.64 Å². The molecular weight excluding hydrogens is 595 g/mol. The molecule has 1 atom stereocenters. The number of hydrogen-bond donors (Lipinski definition) is 1. The number of anilines is 1. The van der Waals surface area contributed by atoms with Gasteiger partial charge in [-0.05, 0) is 58.1 Å². The quantitative estimate of drug-likeness (QED) is 0.398. The van der Waals surface area contributed by atoms with Crippen LogP contribution in [0.25, 0.3) is 5.82 Å². The fourth-order valence-electron chi connectivity index (χ4n) is 5.37. The first-order valence-corrected chi connectivity index (χ1v) is 14.6.